The van der Waals surface area contributed by atoms with Crippen molar-refractivity contribution < 1.29 is 32.9 Å². The van der Waals surface area contributed by atoms with Crippen molar-refractivity contribution in [1.82, 2.24) is 5.32 Å². The maximum atomic E-state index is 12.9. The zero-order valence-electron chi connectivity index (χ0n) is 43.8. The summed E-state index contributed by atoms with van der Waals surface area (Å²) in [6, 6.07) is -0.794. The molecule has 8 nitrogen and oxygen atoms in total. The van der Waals surface area contributed by atoms with Crippen LogP contribution in [0.15, 0.2) is 0 Å². The largest absolute Gasteiger partial charge is 0.756 e. The number of unbranched alkanes of at least 4 members (excludes halogenated alkanes) is 40. The molecule has 0 radical (unpaired) electrons. The molecule has 9 heteroatoms. The zero-order valence-corrected chi connectivity index (χ0v) is 44.7. The van der Waals surface area contributed by atoms with Crippen LogP contribution < -0.4 is 10.2 Å². The van der Waals surface area contributed by atoms with Crippen LogP contribution in [0.25, 0.3) is 0 Å². The first-order chi connectivity index (χ1) is 31.0. The number of nitrogens with zero attached hydrogens (tertiary/aromatic N) is 1. The lowest BCUT2D eigenvalue weighted by molar-refractivity contribution is -0.870. The first-order valence-corrected chi connectivity index (χ1v) is 29.8. The Morgan fingerprint density at radius 1 is 0.484 bits per heavy atom. The average molecular weight is 929 g/mol. The normalized spacial score (nSPS) is 13.9. The summed E-state index contributed by atoms with van der Waals surface area (Å²) in [6.07, 6.45) is 55.7. The quantitative estimate of drug-likeness (QED) is 0.0357. The van der Waals surface area contributed by atoms with Gasteiger partial charge in [0.05, 0.1) is 39.9 Å². The van der Waals surface area contributed by atoms with Crippen LogP contribution in [0.1, 0.15) is 296 Å². The minimum Gasteiger partial charge on any atom is -0.756 e. The van der Waals surface area contributed by atoms with Crippen molar-refractivity contribution in [2.24, 2.45) is 0 Å². The Bertz CT molecular complexity index is 1010. The first kappa shape index (κ1) is 63.5. The summed E-state index contributed by atoms with van der Waals surface area (Å²) >= 11 is 0. The number of carbonyl (C=O) groups is 1. The van der Waals surface area contributed by atoms with E-state index in [1.165, 1.54) is 231 Å². The molecule has 0 saturated heterocycles. The third kappa shape index (κ3) is 49.4. The molecule has 0 heterocycles. The van der Waals surface area contributed by atoms with Crippen LogP contribution >= 0.6 is 7.82 Å². The van der Waals surface area contributed by atoms with Crippen molar-refractivity contribution in [2.45, 2.75) is 309 Å². The van der Waals surface area contributed by atoms with Gasteiger partial charge in [-0.1, -0.05) is 277 Å². The third-order valence-corrected chi connectivity index (χ3v) is 14.3. The highest BCUT2D eigenvalue weighted by molar-refractivity contribution is 7.45. The van der Waals surface area contributed by atoms with Gasteiger partial charge >= 0.3 is 0 Å². The fraction of sp³-hybridized carbons (Fsp3) is 0.982. The summed E-state index contributed by atoms with van der Waals surface area (Å²) in [7, 11) is 1.32. The van der Waals surface area contributed by atoms with E-state index in [9.17, 15) is 19.4 Å². The van der Waals surface area contributed by atoms with Crippen molar-refractivity contribution in [3.05, 3.63) is 0 Å². The minimum absolute atomic E-state index is 0.0164. The van der Waals surface area contributed by atoms with E-state index in [-0.39, 0.29) is 19.1 Å². The average Bonchev–Trinajstić information content (AvgIpc) is 3.25. The fourth-order valence-corrected chi connectivity index (χ4v) is 9.59. The number of quaternary nitrogens is 1. The Kier molecular flexibility index (Phi) is 47.2. The number of carbonyl (C=O) groups excluding carboxylic acids is 1. The summed E-state index contributed by atoms with van der Waals surface area (Å²) in [5, 5.41) is 14.0. The molecule has 0 rings (SSSR count). The molecule has 0 spiro atoms. The maximum absolute atomic E-state index is 12.9. The molecule has 2 N–H and O–H groups in total. The van der Waals surface area contributed by atoms with Gasteiger partial charge in [-0.3, -0.25) is 9.36 Å². The van der Waals surface area contributed by atoms with Crippen LogP contribution in [0.3, 0.4) is 0 Å². The van der Waals surface area contributed by atoms with Crippen LogP contribution in [-0.2, 0) is 18.4 Å². The van der Waals surface area contributed by atoms with Crippen molar-refractivity contribution in [3.8, 4) is 0 Å². The lowest BCUT2D eigenvalue weighted by Gasteiger charge is -2.30. The van der Waals surface area contributed by atoms with E-state index >= 15 is 0 Å². The van der Waals surface area contributed by atoms with Crippen molar-refractivity contribution in [2.75, 3.05) is 40.9 Å². The Balaban J connectivity index is 3.99. The molecule has 1 unspecified atom stereocenters. The highest BCUT2D eigenvalue weighted by Gasteiger charge is 2.24. The van der Waals surface area contributed by atoms with Crippen LogP contribution in [0.5, 0.6) is 0 Å². The number of nitrogens with one attached hydrogen (secondary N) is 1. The Labute approximate surface area is 399 Å². The van der Waals surface area contributed by atoms with E-state index in [1.807, 2.05) is 21.1 Å². The summed E-state index contributed by atoms with van der Waals surface area (Å²) < 4.78 is 23.4. The number of hydrogen-bond acceptors (Lipinski definition) is 6. The maximum Gasteiger partial charge on any atom is 0.268 e. The SMILES string of the molecule is CCCCCCCCCCCCCCCCCCCCCCCCCCCCCCCC(=O)N[C@@H](COP(=O)([O-])OCC[N+](C)(C)C)[C@H](O)CCCCCCCCCCCCCCC. The molecule has 1 amide bonds. The molecule has 0 aliphatic rings. The summed E-state index contributed by atoms with van der Waals surface area (Å²) in [5.41, 5.74) is 0. The summed E-state index contributed by atoms with van der Waals surface area (Å²) in [5.74, 6) is -0.158. The van der Waals surface area contributed by atoms with Gasteiger partial charge in [0.25, 0.3) is 7.82 Å². The monoisotopic (exact) mass is 929 g/mol. The topological polar surface area (TPSA) is 108 Å². The zero-order chi connectivity index (χ0) is 47.1. The van der Waals surface area contributed by atoms with E-state index < -0.39 is 20.0 Å². The van der Waals surface area contributed by atoms with Gasteiger partial charge in [-0.25, -0.2) is 0 Å². The number of phosphoric acid groups is 1. The molecule has 0 aliphatic heterocycles. The van der Waals surface area contributed by atoms with Crippen LogP contribution in [0.4, 0.5) is 0 Å². The number of amides is 1. The predicted octanol–water partition coefficient (Wildman–Crippen LogP) is 16.2. The van der Waals surface area contributed by atoms with Gasteiger partial charge in [0.1, 0.15) is 13.2 Å². The Hall–Kier alpha value is -0.500. The van der Waals surface area contributed by atoms with Crippen molar-refractivity contribution in [1.29, 1.82) is 0 Å². The van der Waals surface area contributed by atoms with E-state index in [0.717, 1.165) is 38.5 Å². The van der Waals surface area contributed by atoms with Crippen molar-refractivity contribution >= 4 is 13.7 Å². The lowest BCUT2D eigenvalue weighted by atomic mass is 10.0. The number of phosphoric ester groups is 1. The van der Waals surface area contributed by atoms with Crippen molar-refractivity contribution in [3.63, 3.8) is 0 Å². The number of hydrogen-bond donors (Lipinski definition) is 2. The van der Waals surface area contributed by atoms with Gasteiger partial charge in [0.2, 0.25) is 5.91 Å². The van der Waals surface area contributed by atoms with Gasteiger partial charge in [-0.05, 0) is 12.8 Å². The number of aliphatic hydroxyl groups excluding tert-OH is 1. The highest BCUT2D eigenvalue weighted by atomic mass is 31.2. The predicted molar refractivity (Wildman–Crippen MR) is 275 cm³/mol. The second-order valence-electron chi connectivity index (χ2n) is 21.0. The molecule has 0 aromatic rings. The number of aliphatic hydroxyl groups is 1. The molecule has 0 aromatic carbocycles. The highest BCUT2D eigenvalue weighted by Crippen LogP contribution is 2.38. The van der Waals surface area contributed by atoms with Crippen LogP contribution in [-0.4, -0.2) is 68.5 Å². The molecule has 0 saturated carbocycles. The minimum atomic E-state index is -4.56. The van der Waals surface area contributed by atoms with Crippen LogP contribution in [0, 0.1) is 0 Å². The van der Waals surface area contributed by atoms with Gasteiger partial charge < -0.3 is 28.8 Å². The smallest absolute Gasteiger partial charge is 0.268 e. The molecular weight excluding hydrogens is 816 g/mol. The van der Waals surface area contributed by atoms with Gasteiger partial charge in [-0.2, -0.15) is 0 Å². The Morgan fingerprint density at radius 2 is 0.766 bits per heavy atom. The molecule has 0 aliphatic carbocycles. The van der Waals surface area contributed by atoms with Gasteiger partial charge in [0, 0.05) is 6.42 Å². The number of likely N-dealkylation sites (N-methyl/N-ethyl adjacent to an activating group) is 1. The third-order valence-electron chi connectivity index (χ3n) is 13.3. The Morgan fingerprint density at radius 3 is 1.06 bits per heavy atom. The summed E-state index contributed by atoms with van der Waals surface area (Å²) in [4.78, 5) is 25.5. The van der Waals surface area contributed by atoms with E-state index in [0.29, 0.717) is 23.9 Å². The molecule has 384 valence electrons. The van der Waals surface area contributed by atoms with E-state index in [4.69, 9.17) is 9.05 Å². The van der Waals surface area contributed by atoms with E-state index in [1.54, 1.807) is 0 Å². The molecular formula is C55H113N2O6P. The van der Waals surface area contributed by atoms with Gasteiger partial charge in [0.15, 0.2) is 0 Å². The number of rotatable bonds is 53. The van der Waals surface area contributed by atoms with Gasteiger partial charge in [-0.15, -0.1) is 0 Å². The molecule has 0 aromatic heterocycles. The van der Waals surface area contributed by atoms with E-state index in [2.05, 4.69) is 19.2 Å². The molecule has 64 heavy (non-hydrogen) atoms. The fourth-order valence-electron chi connectivity index (χ4n) is 8.87. The lowest BCUT2D eigenvalue weighted by Crippen LogP contribution is -2.46. The summed E-state index contributed by atoms with van der Waals surface area (Å²) in [6.45, 7) is 4.76. The first-order valence-electron chi connectivity index (χ1n) is 28.4. The van der Waals surface area contributed by atoms with Crippen LogP contribution in [0.2, 0.25) is 0 Å². The standard InChI is InChI=1S/C55H113N2O6P/c1-6-8-10-12-14-16-18-20-21-22-23-24-25-26-27-28-29-30-31-32-33-34-35-37-39-41-43-45-47-49-55(59)56-53(52-63-64(60,61)62-51-50-57(3,4)5)54(58)48-46-44-42-40-38-36-19-17-15-13-11-9-7-2/h53-54,58H,6-52H2,1-5H3,(H-,56,59,60,61)/t53-,54+/m0/s1. The second kappa shape index (κ2) is 47.6. The molecule has 3 atom stereocenters. The second-order valence-corrected chi connectivity index (χ2v) is 22.4. The molecule has 0 fully saturated rings. The molecule has 0 bridgehead atoms.